The summed E-state index contributed by atoms with van der Waals surface area (Å²) in [6.07, 6.45) is 6.51. The molecule has 1 N–H and O–H groups in total. The van der Waals surface area contributed by atoms with Crippen LogP contribution >= 0.6 is 0 Å². The third-order valence-electron chi connectivity index (χ3n) is 3.25. The summed E-state index contributed by atoms with van der Waals surface area (Å²) in [6, 6.07) is 8.15. The standard InChI is InChI=1S/C15H16N6/c1-11-5-7-13(16-9-11)14-8-6-12(10-17-14)3-2-4-15-18-20-21-19-15/h5-10H,2-4H2,1H3,(H,18,19,20,21). The molecule has 0 saturated heterocycles. The van der Waals surface area contributed by atoms with Crippen molar-refractivity contribution >= 4 is 0 Å². The highest BCUT2D eigenvalue weighted by Crippen LogP contribution is 2.15. The Balaban J connectivity index is 1.60. The lowest BCUT2D eigenvalue weighted by Gasteiger charge is -2.03. The second-order valence-corrected chi connectivity index (χ2v) is 4.95. The van der Waals surface area contributed by atoms with E-state index in [2.05, 4.69) is 36.7 Å². The summed E-state index contributed by atoms with van der Waals surface area (Å²) < 4.78 is 0. The number of tetrazole rings is 1. The minimum absolute atomic E-state index is 0.753. The normalized spacial score (nSPS) is 10.7. The van der Waals surface area contributed by atoms with Crippen molar-refractivity contribution in [2.45, 2.75) is 26.2 Å². The van der Waals surface area contributed by atoms with Gasteiger partial charge < -0.3 is 0 Å². The van der Waals surface area contributed by atoms with Gasteiger partial charge >= 0.3 is 0 Å². The molecule has 106 valence electrons. The van der Waals surface area contributed by atoms with Crippen LogP contribution in [-0.4, -0.2) is 30.6 Å². The SMILES string of the molecule is Cc1ccc(-c2ccc(CCCc3nn[nH]n3)cn2)nc1. The van der Waals surface area contributed by atoms with Crippen LogP contribution < -0.4 is 0 Å². The van der Waals surface area contributed by atoms with Gasteiger partial charge in [-0.2, -0.15) is 5.21 Å². The lowest BCUT2D eigenvalue weighted by molar-refractivity contribution is 0.771. The van der Waals surface area contributed by atoms with Crippen LogP contribution in [0.25, 0.3) is 11.4 Å². The quantitative estimate of drug-likeness (QED) is 0.774. The average Bonchev–Trinajstić information content (AvgIpc) is 3.02. The van der Waals surface area contributed by atoms with Gasteiger partial charge in [0.25, 0.3) is 0 Å². The zero-order chi connectivity index (χ0) is 14.5. The summed E-state index contributed by atoms with van der Waals surface area (Å²) >= 11 is 0. The number of nitrogens with one attached hydrogen (secondary N) is 1. The van der Waals surface area contributed by atoms with Gasteiger partial charge in [-0.15, -0.1) is 10.2 Å². The van der Waals surface area contributed by atoms with E-state index in [0.717, 1.165) is 42.0 Å². The second-order valence-electron chi connectivity index (χ2n) is 4.95. The summed E-state index contributed by atoms with van der Waals surface area (Å²) in [5.74, 6) is 0.753. The van der Waals surface area contributed by atoms with E-state index in [1.54, 1.807) is 0 Å². The molecule has 0 atom stereocenters. The molecular formula is C15H16N6. The minimum Gasteiger partial charge on any atom is -0.254 e. The fraction of sp³-hybridized carbons (Fsp3) is 0.267. The third-order valence-corrected chi connectivity index (χ3v) is 3.25. The van der Waals surface area contributed by atoms with Gasteiger partial charge in [0.2, 0.25) is 0 Å². The van der Waals surface area contributed by atoms with E-state index >= 15 is 0 Å². The number of aromatic nitrogens is 6. The predicted octanol–water partition coefficient (Wildman–Crippen LogP) is 2.14. The molecule has 0 bridgehead atoms. The van der Waals surface area contributed by atoms with Crippen molar-refractivity contribution in [3.63, 3.8) is 0 Å². The monoisotopic (exact) mass is 280 g/mol. The Labute approximate surface area is 122 Å². The minimum atomic E-state index is 0.753. The first-order chi connectivity index (χ1) is 10.3. The molecule has 21 heavy (non-hydrogen) atoms. The first-order valence-corrected chi connectivity index (χ1v) is 6.91. The van der Waals surface area contributed by atoms with Gasteiger partial charge in [0, 0.05) is 18.8 Å². The van der Waals surface area contributed by atoms with Gasteiger partial charge in [-0.25, -0.2) is 0 Å². The van der Waals surface area contributed by atoms with Crippen molar-refractivity contribution in [3.05, 3.63) is 53.6 Å². The van der Waals surface area contributed by atoms with E-state index < -0.39 is 0 Å². The van der Waals surface area contributed by atoms with Gasteiger partial charge in [-0.1, -0.05) is 17.3 Å². The zero-order valence-electron chi connectivity index (χ0n) is 11.8. The molecule has 0 saturated carbocycles. The Hall–Kier alpha value is -2.63. The predicted molar refractivity (Wildman–Crippen MR) is 78.4 cm³/mol. The number of hydrogen-bond donors (Lipinski definition) is 1. The molecule has 6 nitrogen and oxygen atoms in total. The van der Waals surface area contributed by atoms with Gasteiger partial charge in [0.05, 0.1) is 11.4 Å². The number of H-pyrrole nitrogens is 1. The third kappa shape index (κ3) is 3.47. The van der Waals surface area contributed by atoms with Crippen molar-refractivity contribution in [1.82, 2.24) is 30.6 Å². The molecule has 0 radical (unpaired) electrons. The van der Waals surface area contributed by atoms with Gasteiger partial charge in [0.1, 0.15) is 0 Å². The molecule has 0 aliphatic rings. The summed E-state index contributed by atoms with van der Waals surface area (Å²) in [7, 11) is 0. The molecular weight excluding hydrogens is 264 g/mol. The van der Waals surface area contributed by atoms with Crippen molar-refractivity contribution < 1.29 is 0 Å². The van der Waals surface area contributed by atoms with Crippen LogP contribution in [0.15, 0.2) is 36.7 Å². The summed E-state index contributed by atoms with van der Waals surface area (Å²) in [5, 5.41) is 13.9. The molecule has 6 heteroatoms. The Morgan fingerprint density at radius 2 is 1.76 bits per heavy atom. The molecule has 0 unspecified atom stereocenters. The summed E-state index contributed by atoms with van der Waals surface area (Å²) in [6.45, 7) is 2.02. The van der Waals surface area contributed by atoms with Gasteiger partial charge in [-0.05, 0) is 43.0 Å². The van der Waals surface area contributed by atoms with E-state index in [0.29, 0.717) is 0 Å². The van der Waals surface area contributed by atoms with Crippen LogP contribution in [0, 0.1) is 6.92 Å². The average molecular weight is 280 g/mol. The summed E-state index contributed by atoms with van der Waals surface area (Å²) in [5.41, 5.74) is 4.15. The molecule has 0 aliphatic carbocycles. The fourth-order valence-electron chi connectivity index (χ4n) is 2.08. The number of aryl methyl sites for hydroxylation is 3. The van der Waals surface area contributed by atoms with Gasteiger partial charge in [-0.3, -0.25) is 9.97 Å². The molecule has 3 rings (SSSR count). The van der Waals surface area contributed by atoms with Crippen molar-refractivity contribution in [3.8, 4) is 11.4 Å². The van der Waals surface area contributed by atoms with Crippen LogP contribution in [0.2, 0.25) is 0 Å². The number of pyridine rings is 2. The molecule has 0 fully saturated rings. The fourth-order valence-corrected chi connectivity index (χ4v) is 2.08. The molecule has 0 amide bonds. The number of nitrogens with zero attached hydrogens (tertiary/aromatic N) is 5. The molecule has 0 aromatic carbocycles. The molecule has 3 aromatic rings. The molecule has 0 aliphatic heterocycles. The number of hydrogen-bond acceptors (Lipinski definition) is 5. The highest BCUT2D eigenvalue weighted by Gasteiger charge is 2.02. The molecule has 0 spiro atoms. The second kappa shape index (κ2) is 6.21. The van der Waals surface area contributed by atoms with E-state index in [1.165, 1.54) is 5.56 Å². The lowest BCUT2D eigenvalue weighted by Crippen LogP contribution is -1.94. The van der Waals surface area contributed by atoms with Crippen molar-refractivity contribution in [2.24, 2.45) is 0 Å². The van der Waals surface area contributed by atoms with Crippen LogP contribution in [-0.2, 0) is 12.8 Å². The van der Waals surface area contributed by atoms with Crippen molar-refractivity contribution in [1.29, 1.82) is 0 Å². The van der Waals surface area contributed by atoms with E-state index in [1.807, 2.05) is 37.5 Å². The van der Waals surface area contributed by atoms with E-state index in [9.17, 15) is 0 Å². The van der Waals surface area contributed by atoms with E-state index in [-0.39, 0.29) is 0 Å². The first kappa shape index (κ1) is 13.4. The summed E-state index contributed by atoms with van der Waals surface area (Å²) in [4.78, 5) is 8.87. The first-order valence-electron chi connectivity index (χ1n) is 6.91. The largest absolute Gasteiger partial charge is 0.254 e. The maximum Gasteiger partial charge on any atom is 0.174 e. The number of rotatable bonds is 5. The Morgan fingerprint density at radius 3 is 2.38 bits per heavy atom. The highest BCUT2D eigenvalue weighted by atomic mass is 15.5. The smallest absolute Gasteiger partial charge is 0.174 e. The van der Waals surface area contributed by atoms with Gasteiger partial charge in [0.15, 0.2) is 5.82 Å². The van der Waals surface area contributed by atoms with Crippen molar-refractivity contribution in [2.75, 3.05) is 0 Å². The Kier molecular flexibility index (Phi) is 3.95. The molecule has 3 heterocycles. The zero-order valence-corrected chi connectivity index (χ0v) is 11.8. The Bertz CT molecular complexity index is 673. The van der Waals surface area contributed by atoms with Crippen LogP contribution in [0.4, 0.5) is 0 Å². The van der Waals surface area contributed by atoms with E-state index in [4.69, 9.17) is 0 Å². The highest BCUT2D eigenvalue weighted by molar-refractivity contribution is 5.53. The molecule has 3 aromatic heterocycles. The van der Waals surface area contributed by atoms with Crippen LogP contribution in [0.1, 0.15) is 23.4 Å². The maximum absolute atomic E-state index is 4.48. The Morgan fingerprint density at radius 1 is 0.952 bits per heavy atom. The maximum atomic E-state index is 4.48. The topological polar surface area (TPSA) is 80.2 Å². The number of aromatic amines is 1. The lowest BCUT2D eigenvalue weighted by atomic mass is 10.1. The van der Waals surface area contributed by atoms with Crippen LogP contribution in [0.5, 0.6) is 0 Å². The van der Waals surface area contributed by atoms with Crippen LogP contribution in [0.3, 0.4) is 0 Å².